The van der Waals surface area contributed by atoms with Crippen LogP contribution >= 0.6 is 0 Å². The van der Waals surface area contributed by atoms with Crippen molar-refractivity contribution in [3.8, 4) is 0 Å². The van der Waals surface area contributed by atoms with Gasteiger partial charge in [0.2, 0.25) is 0 Å². The van der Waals surface area contributed by atoms with E-state index in [2.05, 4.69) is 13.8 Å². The third kappa shape index (κ3) is 4.15. The first-order valence-electron chi connectivity index (χ1n) is 7.98. The molecule has 5 nitrogen and oxygen atoms in total. The van der Waals surface area contributed by atoms with Crippen molar-refractivity contribution >= 4 is 0 Å². The molecule has 0 aromatic rings. The van der Waals surface area contributed by atoms with Crippen molar-refractivity contribution in [2.45, 2.75) is 83.3 Å². The first kappa shape index (κ1) is 16.2. The van der Waals surface area contributed by atoms with E-state index in [-0.39, 0.29) is 18.5 Å². The molecule has 118 valence electrons. The van der Waals surface area contributed by atoms with Crippen molar-refractivity contribution in [2.24, 2.45) is 0 Å². The molecule has 0 aliphatic carbocycles. The van der Waals surface area contributed by atoms with Crippen LogP contribution in [-0.4, -0.2) is 49.2 Å². The highest BCUT2D eigenvalue weighted by Crippen LogP contribution is 2.33. The number of rotatable bonds is 9. The lowest BCUT2D eigenvalue weighted by Crippen LogP contribution is -2.35. The van der Waals surface area contributed by atoms with Gasteiger partial charge in [-0.15, -0.1) is 0 Å². The van der Waals surface area contributed by atoms with Crippen molar-refractivity contribution in [1.29, 1.82) is 0 Å². The Hall–Kier alpha value is -0.200. The number of aliphatic hydroxyl groups is 1. The third-order valence-electron chi connectivity index (χ3n) is 3.84. The summed E-state index contributed by atoms with van der Waals surface area (Å²) in [5.74, 6) is 0. The Labute approximate surface area is 121 Å². The molecule has 0 aromatic carbocycles. The Morgan fingerprint density at radius 1 is 1.00 bits per heavy atom. The molecule has 2 aliphatic rings. The van der Waals surface area contributed by atoms with Crippen LogP contribution in [-0.2, 0) is 18.9 Å². The maximum absolute atomic E-state index is 10.2. The standard InChI is InChI=1S/C15H28O5/c1-3-5-6-7-9-17-10-11-13(16)14-15(18-11)20-12(19-14)8-4-2/h11-16H,3-10H2,1-2H3/t11-,12?,13+,14-,15-/m1/s1. The van der Waals surface area contributed by atoms with Crippen LogP contribution in [0, 0.1) is 0 Å². The van der Waals surface area contributed by atoms with Gasteiger partial charge in [-0.25, -0.2) is 0 Å². The quantitative estimate of drug-likeness (QED) is 0.659. The number of hydrogen-bond donors (Lipinski definition) is 1. The lowest BCUT2D eigenvalue weighted by atomic mass is 10.1. The number of unbranched alkanes of at least 4 members (excludes halogenated alkanes) is 3. The summed E-state index contributed by atoms with van der Waals surface area (Å²) < 4.78 is 22.6. The molecule has 2 fully saturated rings. The summed E-state index contributed by atoms with van der Waals surface area (Å²) in [5.41, 5.74) is 0. The normalized spacial score (nSPS) is 36.5. The third-order valence-corrected chi connectivity index (χ3v) is 3.84. The number of ether oxygens (including phenoxy) is 4. The van der Waals surface area contributed by atoms with Gasteiger partial charge in [-0.1, -0.05) is 39.5 Å². The van der Waals surface area contributed by atoms with E-state index >= 15 is 0 Å². The molecule has 0 spiro atoms. The van der Waals surface area contributed by atoms with Crippen LogP contribution in [0.15, 0.2) is 0 Å². The van der Waals surface area contributed by atoms with Crippen LogP contribution in [0.3, 0.4) is 0 Å². The van der Waals surface area contributed by atoms with Gasteiger partial charge in [0.25, 0.3) is 0 Å². The lowest BCUT2D eigenvalue weighted by Gasteiger charge is -2.19. The van der Waals surface area contributed by atoms with Crippen LogP contribution in [0.4, 0.5) is 0 Å². The van der Waals surface area contributed by atoms with Gasteiger partial charge in [0.1, 0.15) is 18.3 Å². The van der Waals surface area contributed by atoms with Crippen LogP contribution in [0.5, 0.6) is 0 Å². The summed E-state index contributed by atoms with van der Waals surface area (Å²) in [4.78, 5) is 0. The van der Waals surface area contributed by atoms with Crippen molar-refractivity contribution in [1.82, 2.24) is 0 Å². The predicted octanol–water partition coefficient (Wildman–Crippen LogP) is 2.21. The van der Waals surface area contributed by atoms with Crippen LogP contribution in [0.25, 0.3) is 0 Å². The zero-order valence-corrected chi connectivity index (χ0v) is 12.6. The van der Waals surface area contributed by atoms with Gasteiger partial charge in [0, 0.05) is 6.61 Å². The molecule has 1 unspecified atom stereocenters. The van der Waals surface area contributed by atoms with E-state index in [4.69, 9.17) is 18.9 Å². The molecule has 2 rings (SSSR count). The second-order valence-corrected chi connectivity index (χ2v) is 5.62. The van der Waals surface area contributed by atoms with E-state index < -0.39 is 12.4 Å². The van der Waals surface area contributed by atoms with E-state index in [9.17, 15) is 5.11 Å². The molecule has 0 aromatic heterocycles. The summed E-state index contributed by atoms with van der Waals surface area (Å²) in [6.45, 7) is 5.40. The maximum atomic E-state index is 10.2. The molecular weight excluding hydrogens is 260 g/mol. The van der Waals surface area contributed by atoms with E-state index in [1.165, 1.54) is 19.3 Å². The maximum Gasteiger partial charge on any atom is 0.190 e. The van der Waals surface area contributed by atoms with Gasteiger partial charge < -0.3 is 24.1 Å². The number of fused-ring (bicyclic) bond motifs is 1. The Balaban J connectivity index is 1.62. The van der Waals surface area contributed by atoms with Gasteiger partial charge in [0.15, 0.2) is 12.6 Å². The first-order chi connectivity index (χ1) is 9.76. The second kappa shape index (κ2) is 8.29. The van der Waals surface area contributed by atoms with Crippen LogP contribution in [0.2, 0.25) is 0 Å². The molecule has 1 N–H and O–H groups in total. The Morgan fingerprint density at radius 2 is 1.85 bits per heavy atom. The highest BCUT2D eigenvalue weighted by atomic mass is 16.8. The zero-order valence-electron chi connectivity index (χ0n) is 12.6. The molecule has 0 amide bonds. The molecule has 20 heavy (non-hydrogen) atoms. The average Bonchev–Trinajstić information content (AvgIpc) is 2.95. The molecule has 2 saturated heterocycles. The molecule has 2 heterocycles. The van der Waals surface area contributed by atoms with Gasteiger partial charge in [-0.05, 0) is 12.8 Å². The van der Waals surface area contributed by atoms with Gasteiger partial charge in [-0.2, -0.15) is 0 Å². The van der Waals surface area contributed by atoms with Gasteiger partial charge in [0.05, 0.1) is 6.61 Å². The molecule has 2 aliphatic heterocycles. The van der Waals surface area contributed by atoms with Crippen LogP contribution < -0.4 is 0 Å². The van der Waals surface area contributed by atoms with Crippen molar-refractivity contribution < 1.29 is 24.1 Å². The summed E-state index contributed by atoms with van der Waals surface area (Å²) in [5, 5.41) is 10.2. The lowest BCUT2D eigenvalue weighted by molar-refractivity contribution is -0.179. The average molecular weight is 288 g/mol. The summed E-state index contributed by atoms with van der Waals surface area (Å²) in [6.07, 6.45) is 4.53. The van der Waals surface area contributed by atoms with E-state index in [0.29, 0.717) is 6.61 Å². The smallest absolute Gasteiger partial charge is 0.190 e. The highest BCUT2D eigenvalue weighted by Gasteiger charge is 2.51. The highest BCUT2D eigenvalue weighted by molar-refractivity contribution is 4.91. The SMILES string of the molecule is CCCCCCOC[C@H]1O[C@@H]2OC(CCC)O[C@@H]2[C@H]1O. The molecule has 0 radical (unpaired) electrons. The molecule has 0 saturated carbocycles. The fourth-order valence-corrected chi connectivity index (χ4v) is 2.65. The minimum absolute atomic E-state index is 0.236. The molecule has 5 atom stereocenters. The van der Waals surface area contributed by atoms with Crippen molar-refractivity contribution in [3.05, 3.63) is 0 Å². The summed E-state index contributed by atoms with van der Waals surface area (Å²) in [7, 11) is 0. The summed E-state index contributed by atoms with van der Waals surface area (Å²) in [6, 6.07) is 0. The van der Waals surface area contributed by atoms with Gasteiger partial charge >= 0.3 is 0 Å². The molecular formula is C15H28O5. The van der Waals surface area contributed by atoms with Crippen LogP contribution in [0.1, 0.15) is 52.4 Å². The van der Waals surface area contributed by atoms with Crippen molar-refractivity contribution in [2.75, 3.05) is 13.2 Å². The largest absolute Gasteiger partial charge is 0.387 e. The molecule has 0 bridgehead atoms. The zero-order chi connectivity index (χ0) is 14.4. The molecule has 5 heteroatoms. The van der Waals surface area contributed by atoms with Gasteiger partial charge in [-0.3, -0.25) is 0 Å². The van der Waals surface area contributed by atoms with E-state index in [0.717, 1.165) is 25.9 Å². The van der Waals surface area contributed by atoms with E-state index in [1.54, 1.807) is 0 Å². The Kier molecular flexibility index (Phi) is 6.71. The van der Waals surface area contributed by atoms with Crippen molar-refractivity contribution in [3.63, 3.8) is 0 Å². The monoisotopic (exact) mass is 288 g/mol. The minimum Gasteiger partial charge on any atom is -0.387 e. The number of aliphatic hydroxyl groups excluding tert-OH is 1. The second-order valence-electron chi connectivity index (χ2n) is 5.62. The predicted molar refractivity (Wildman–Crippen MR) is 74.3 cm³/mol. The Bertz CT molecular complexity index is 273. The fourth-order valence-electron chi connectivity index (χ4n) is 2.65. The topological polar surface area (TPSA) is 57.2 Å². The minimum atomic E-state index is -0.655. The first-order valence-corrected chi connectivity index (χ1v) is 7.98. The summed E-state index contributed by atoms with van der Waals surface area (Å²) >= 11 is 0. The number of hydrogen-bond acceptors (Lipinski definition) is 5. The fraction of sp³-hybridized carbons (Fsp3) is 1.00. The van der Waals surface area contributed by atoms with E-state index in [1.807, 2.05) is 0 Å². The Morgan fingerprint density at radius 3 is 2.55 bits per heavy atom.